The van der Waals surface area contributed by atoms with Crippen LogP contribution in [0.1, 0.15) is 15.2 Å². The Kier molecular flexibility index (Phi) is 3.74. The van der Waals surface area contributed by atoms with Crippen molar-refractivity contribution in [3.05, 3.63) is 56.7 Å². The largest absolute Gasteiger partial charge is 0.347 e. The molecule has 0 bridgehead atoms. The van der Waals surface area contributed by atoms with Gasteiger partial charge < -0.3 is 5.32 Å². The van der Waals surface area contributed by atoms with Gasteiger partial charge in [0.25, 0.3) is 5.91 Å². The molecule has 2 rings (SSSR count). The Morgan fingerprint density at radius 2 is 1.94 bits per heavy atom. The van der Waals surface area contributed by atoms with Crippen LogP contribution >= 0.6 is 27.3 Å². The molecule has 0 spiro atoms. The predicted octanol–water partition coefficient (Wildman–Crippen LogP) is 3.44. The summed E-state index contributed by atoms with van der Waals surface area (Å²) in [5, 5.41) is 2.88. The molecule has 1 amide bonds. The second-order valence-corrected chi connectivity index (χ2v) is 5.74. The van der Waals surface area contributed by atoms with Crippen LogP contribution in [0.5, 0.6) is 0 Å². The lowest BCUT2D eigenvalue weighted by Gasteiger charge is -2.02. The molecule has 1 heterocycles. The quantitative estimate of drug-likeness (QED) is 0.923. The second-order valence-electron chi connectivity index (χ2n) is 3.27. The molecule has 0 aliphatic carbocycles. The lowest BCUT2D eigenvalue weighted by molar-refractivity contribution is 0.0955. The maximum Gasteiger partial charge on any atom is 0.261 e. The first-order valence-electron chi connectivity index (χ1n) is 4.83. The minimum absolute atomic E-state index is 0.0282. The van der Waals surface area contributed by atoms with Gasteiger partial charge in [0.2, 0.25) is 0 Å². The van der Waals surface area contributed by atoms with Gasteiger partial charge in [-0.1, -0.05) is 30.3 Å². The third kappa shape index (κ3) is 2.93. The van der Waals surface area contributed by atoms with Gasteiger partial charge in [-0.15, -0.1) is 11.3 Å². The van der Waals surface area contributed by atoms with Crippen molar-refractivity contribution in [2.24, 2.45) is 0 Å². The number of benzene rings is 1. The van der Waals surface area contributed by atoms with Crippen molar-refractivity contribution in [2.45, 2.75) is 6.54 Å². The molecule has 0 aliphatic rings. The molecule has 4 heteroatoms. The molecule has 0 radical (unpaired) electrons. The summed E-state index contributed by atoms with van der Waals surface area (Å²) in [5.41, 5.74) is 1.10. The summed E-state index contributed by atoms with van der Waals surface area (Å²) in [4.78, 5) is 12.4. The van der Waals surface area contributed by atoms with Crippen molar-refractivity contribution in [2.75, 3.05) is 0 Å². The molecule has 0 saturated carbocycles. The summed E-state index contributed by atoms with van der Waals surface area (Å²) in [5.74, 6) is -0.0282. The van der Waals surface area contributed by atoms with Crippen LogP contribution < -0.4 is 5.32 Å². The van der Waals surface area contributed by atoms with Crippen LogP contribution in [0.4, 0.5) is 0 Å². The summed E-state index contributed by atoms with van der Waals surface area (Å²) in [7, 11) is 0. The Morgan fingerprint density at radius 3 is 2.56 bits per heavy atom. The van der Waals surface area contributed by atoms with E-state index in [0.29, 0.717) is 6.54 Å². The smallest absolute Gasteiger partial charge is 0.261 e. The molecule has 2 nitrogen and oxygen atoms in total. The highest BCUT2D eigenvalue weighted by molar-refractivity contribution is 9.11. The van der Waals surface area contributed by atoms with E-state index in [1.807, 2.05) is 42.5 Å². The van der Waals surface area contributed by atoms with E-state index >= 15 is 0 Å². The van der Waals surface area contributed by atoms with Crippen LogP contribution in [0.2, 0.25) is 0 Å². The van der Waals surface area contributed by atoms with Crippen LogP contribution in [-0.2, 0) is 6.54 Å². The zero-order chi connectivity index (χ0) is 11.4. The molecule has 1 N–H and O–H groups in total. The molecule has 0 fully saturated rings. The molecular weight excluding hydrogens is 286 g/mol. The van der Waals surface area contributed by atoms with Crippen molar-refractivity contribution in [1.29, 1.82) is 0 Å². The van der Waals surface area contributed by atoms with Gasteiger partial charge >= 0.3 is 0 Å². The van der Waals surface area contributed by atoms with Crippen LogP contribution in [0.15, 0.2) is 46.3 Å². The Bertz CT molecular complexity index is 481. The monoisotopic (exact) mass is 295 g/mol. The molecule has 2 aromatic rings. The van der Waals surface area contributed by atoms with Gasteiger partial charge in [0.05, 0.1) is 8.66 Å². The molecule has 1 aromatic heterocycles. The fourth-order valence-corrected chi connectivity index (χ4v) is 2.60. The van der Waals surface area contributed by atoms with Gasteiger partial charge in [-0.2, -0.15) is 0 Å². The maximum atomic E-state index is 11.7. The number of carbonyl (C=O) groups is 1. The highest BCUT2D eigenvalue weighted by Gasteiger charge is 2.07. The fraction of sp³-hybridized carbons (Fsp3) is 0.0833. The van der Waals surface area contributed by atoms with E-state index in [9.17, 15) is 4.79 Å². The van der Waals surface area contributed by atoms with Crippen molar-refractivity contribution < 1.29 is 4.79 Å². The molecule has 0 unspecified atom stereocenters. The molecule has 0 aliphatic heterocycles. The van der Waals surface area contributed by atoms with E-state index in [2.05, 4.69) is 21.2 Å². The average Bonchev–Trinajstić information content (AvgIpc) is 2.74. The number of nitrogens with one attached hydrogen (secondary N) is 1. The van der Waals surface area contributed by atoms with E-state index in [-0.39, 0.29) is 5.91 Å². The number of carbonyl (C=O) groups excluding carboxylic acids is 1. The highest BCUT2D eigenvalue weighted by atomic mass is 79.9. The predicted molar refractivity (Wildman–Crippen MR) is 69.6 cm³/mol. The van der Waals surface area contributed by atoms with Gasteiger partial charge in [0, 0.05) is 6.54 Å². The first-order chi connectivity index (χ1) is 7.75. The van der Waals surface area contributed by atoms with E-state index < -0.39 is 0 Å². The zero-order valence-corrected chi connectivity index (χ0v) is 10.8. The summed E-state index contributed by atoms with van der Waals surface area (Å²) in [6.45, 7) is 0.565. The Balaban J connectivity index is 1.94. The summed E-state index contributed by atoms with van der Waals surface area (Å²) in [6.07, 6.45) is 0. The third-order valence-corrected chi connectivity index (χ3v) is 3.72. The SMILES string of the molecule is O=C(NCc1ccccc1)c1ccc(Br)s1. The lowest BCUT2D eigenvalue weighted by Crippen LogP contribution is -2.21. The van der Waals surface area contributed by atoms with E-state index in [1.54, 1.807) is 0 Å². The fourth-order valence-electron chi connectivity index (χ4n) is 1.30. The first kappa shape index (κ1) is 11.4. The number of halogens is 1. The van der Waals surface area contributed by atoms with Gasteiger partial charge in [0.15, 0.2) is 0 Å². The van der Waals surface area contributed by atoms with Crippen LogP contribution in [0, 0.1) is 0 Å². The number of thiophene rings is 1. The Labute approximate surface area is 106 Å². The standard InChI is InChI=1S/C12H10BrNOS/c13-11-7-6-10(16-11)12(15)14-8-9-4-2-1-3-5-9/h1-7H,8H2,(H,14,15). The molecular formula is C12H10BrNOS. The summed E-state index contributed by atoms with van der Waals surface area (Å²) >= 11 is 4.77. The molecule has 0 atom stereocenters. The van der Waals surface area contributed by atoms with Crippen LogP contribution in [0.25, 0.3) is 0 Å². The third-order valence-electron chi connectivity index (χ3n) is 2.09. The number of hydrogen-bond donors (Lipinski definition) is 1. The highest BCUT2D eigenvalue weighted by Crippen LogP contribution is 2.21. The summed E-state index contributed by atoms with van der Waals surface area (Å²) in [6, 6.07) is 13.6. The molecule has 82 valence electrons. The number of hydrogen-bond acceptors (Lipinski definition) is 2. The van der Waals surface area contributed by atoms with Gasteiger partial charge in [-0.25, -0.2) is 0 Å². The maximum absolute atomic E-state index is 11.7. The number of amides is 1. The summed E-state index contributed by atoms with van der Waals surface area (Å²) < 4.78 is 0.970. The average molecular weight is 296 g/mol. The van der Waals surface area contributed by atoms with Crippen LogP contribution in [0.3, 0.4) is 0 Å². The second kappa shape index (κ2) is 5.27. The molecule has 16 heavy (non-hydrogen) atoms. The first-order valence-corrected chi connectivity index (χ1v) is 6.44. The van der Waals surface area contributed by atoms with E-state index in [4.69, 9.17) is 0 Å². The van der Waals surface area contributed by atoms with E-state index in [1.165, 1.54) is 11.3 Å². The van der Waals surface area contributed by atoms with Crippen molar-refractivity contribution in [1.82, 2.24) is 5.32 Å². The van der Waals surface area contributed by atoms with E-state index in [0.717, 1.165) is 14.2 Å². The Morgan fingerprint density at radius 1 is 1.19 bits per heavy atom. The minimum Gasteiger partial charge on any atom is -0.347 e. The zero-order valence-electron chi connectivity index (χ0n) is 8.44. The normalized spacial score (nSPS) is 10.1. The van der Waals surface area contributed by atoms with Gasteiger partial charge in [0.1, 0.15) is 0 Å². The van der Waals surface area contributed by atoms with Gasteiger partial charge in [-0.05, 0) is 33.6 Å². The van der Waals surface area contributed by atoms with Gasteiger partial charge in [-0.3, -0.25) is 4.79 Å². The Hall–Kier alpha value is -1.13. The number of rotatable bonds is 3. The van der Waals surface area contributed by atoms with Crippen molar-refractivity contribution in [3.63, 3.8) is 0 Å². The van der Waals surface area contributed by atoms with Crippen molar-refractivity contribution >= 4 is 33.2 Å². The van der Waals surface area contributed by atoms with Crippen molar-refractivity contribution in [3.8, 4) is 0 Å². The molecule has 0 saturated heterocycles. The molecule has 1 aromatic carbocycles. The lowest BCUT2D eigenvalue weighted by atomic mass is 10.2. The van der Waals surface area contributed by atoms with Crippen LogP contribution in [-0.4, -0.2) is 5.91 Å². The topological polar surface area (TPSA) is 29.1 Å². The minimum atomic E-state index is -0.0282.